The Labute approximate surface area is 111 Å². The van der Waals surface area contributed by atoms with Crippen molar-refractivity contribution in [3.63, 3.8) is 0 Å². The molecule has 2 heterocycles. The minimum atomic E-state index is -0.227. The first-order chi connectivity index (χ1) is 9.29. The highest BCUT2D eigenvalue weighted by atomic mass is 16.5. The monoisotopic (exact) mass is 260 g/mol. The van der Waals surface area contributed by atoms with Gasteiger partial charge in [-0.2, -0.15) is 0 Å². The molecule has 1 amide bonds. The summed E-state index contributed by atoms with van der Waals surface area (Å²) in [4.78, 5) is 19.9. The van der Waals surface area contributed by atoms with Crippen LogP contribution in [0.5, 0.6) is 0 Å². The average molecular weight is 260 g/mol. The van der Waals surface area contributed by atoms with Gasteiger partial charge in [-0.15, -0.1) is 0 Å². The highest BCUT2D eigenvalue weighted by Crippen LogP contribution is 2.05. The topological polar surface area (TPSA) is 80.9 Å². The fourth-order valence-corrected chi connectivity index (χ4v) is 1.64. The number of hydrogen-bond acceptors (Lipinski definition) is 5. The molecule has 2 aromatic heterocycles. The summed E-state index contributed by atoms with van der Waals surface area (Å²) in [7, 11) is 0. The first-order valence-corrected chi connectivity index (χ1v) is 6.28. The molecule has 2 aromatic rings. The van der Waals surface area contributed by atoms with Crippen LogP contribution < -0.4 is 5.32 Å². The predicted molar refractivity (Wildman–Crippen MR) is 68.6 cm³/mol. The largest absolute Gasteiger partial charge is 0.361 e. The maximum absolute atomic E-state index is 11.8. The molecule has 100 valence electrons. The van der Waals surface area contributed by atoms with Crippen LogP contribution >= 0.6 is 0 Å². The lowest BCUT2D eigenvalue weighted by Gasteiger charge is -2.01. The molecule has 1 N–H and O–H groups in total. The Kier molecular flexibility index (Phi) is 4.60. The molecule has 0 saturated heterocycles. The van der Waals surface area contributed by atoms with E-state index < -0.39 is 0 Å². The van der Waals surface area contributed by atoms with E-state index in [1.807, 2.05) is 6.92 Å². The zero-order chi connectivity index (χ0) is 13.5. The molecule has 0 aliphatic carbocycles. The number of nitrogens with zero attached hydrogens (tertiary/aromatic N) is 3. The molecular formula is C13H16N4O2. The number of aryl methyl sites for hydroxylation is 1. The lowest BCUT2D eigenvalue weighted by molar-refractivity contribution is 0.0945. The number of carbonyl (C=O) groups is 1. The Morgan fingerprint density at radius 1 is 1.37 bits per heavy atom. The number of amides is 1. The van der Waals surface area contributed by atoms with Gasteiger partial charge < -0.3 is 9.84 Å². The second kappa shape index (κ2) is 6.63. The first kappa shape index (κ1) is 13.2. The van der Waals surface area contributed by atoms with Gasteiger partial charge in [-0.25, -0.2) is 0 Å². The Balaban J connectivity index is 1.80. The highest BCUT2D eigenvalue weighted by Gasteiger charge is 2.11. The van der Waals surface area contributed by atoms with Crippen LogP contribution in [-0.4, -0.2) is 27.6 Å². The molecule has 0 spiro atoms. The molecule has 0 radical (unpaired) electrons. The van der Waals surface area contributed by atoms with E-state index in [1.165, 1.54) is 0 Å². The van der Waals surface area contributed by atoms with Crippen LogP contribution in [0.2, 0.25) is 0 Å². The minimum absolute atomic E-state index is 0.227. The number of carbonyl (C=O) groups excluding carboxylic acids is 1. The molecule has 0 aliphatic rings. The van der Waals surface area contributed by atoms with E-state index in [4.69, 9.17) is 4.52 Å². The number of rotatable bonds is 6. The van der Waals surface area contributed by atoms with Crippen molar-refractivity contribution in [2.24, 2.45) is 0 Å². The van der Waals surface area contributed by atoms with Crippen molar-refractivity contribution in [3.8, 4) is 0 Å². The van der Waals surface area contributed by atoms with Crippen LogP contribution in [0, 0.1) is 0 Å². The van der Waals surface area contributed by atoms with E-state index in [2.05, 4.69) is 20.4 Å². The third-order valence-corrected chi connectivity index (χ3v) is 2.57. The maximum atomic E-state index is 11.8. The third-order valence-electron chi connectivity index (χ3n) is 2.57. The van der Waals surface area contributed by atoms with E-state index in [-0.39, 0.29) is 5.91 Å². The summed E-state index contributed by atoms with van der Waals surface area (Å²) in [5.74, 6) is 0.511. The third kappa shape index (κ3) is 3.87. The van der Waals surface area contributed by atoms with E-state index >= 15 is 0 Å². The Morgan fingerprint density at radius 2 is 2.26 bits per heavy atom. The molecule has 19 heavy (non-hydrogen) atoms. The minimum Gasteiger partial charge on any atom is -0.361 e. The number of nitrogens with one attached hydrogen (secondary N) is 1. The molecule has 0 unspecified atom stereocenters. The van der Waals surface area contributed by atoms with Gasteiger partial charge in [0.05, 0.1) is 5.69 Å². The van der Waals surface area contributed by atoms with Crippen molar-refractivity contribution < 1.29 is 9.32 Å². The van der Waals surface area contributed by atoms with Crippen molar-refractivity contribution in [2.75, 3.05) is 6.54 Å². The number of aromatic nitrogens is 3. The predicted octanol–water partition coefficient (Wildman–Crippen LogP) is 1.39. The van der Waals surface area contributed by atoms with Crippen molar-refractivity contribution >= 4 is 5.91 Å². The van der Waals surface area contributed by atoms with Gasteiger partial charge in [0, 0.05) is 44.0 Å². The summed E-state index contributed by atoms with van der Waals surface area (Å²) in [6, 6.07) is 1.68. The van der Waals surface area contributed by atoms with Gasteiger partial charge in [-0.1, -0.05) is 12.1 Å². The molecule has 0 fully saturated rings. The second-order valence-electron chi connectivity index (χ2n) is 4.13. The van der Waals surface area contributed by atoms with Crippen LogP contribution in [-0.2, 0) is 12.8 Å². The Bertz CT molecular complexity index is 524. The van der Waals surface area contributed by atoms with Crippen LogP contribution in [0.15, 0.2) is 29.2 Å². The van der Waals surface area contributed by atoms with E-state index in [0.717, 1.165) is 24.3 Å². The van der Waals surface area contributed by atoms with Gasteiger partial charge in [-0.3, -0.25) is 14.8 Å². The Morgan fingerprint density at radius 3 is 3.00 bits per heavy atom. The smallest absolute Gasteiger partial charge is 0.273 e. The molecule has 0 bridgehead atoms. The van der Waals surface area contributed by atoms with E-state index in [0.29, 0.717) is 18.7 Å². The zero-order valence-corrected chi connectivity index (χ0v) is 10.8. The fourth-order valence-electron chi connectivity index (χ4n) is 1.64. The van der Waals surface area contributed by atoms with E-state index in [9.17, 15) is 4.79 Å². The molecular weight excluding hydrogens is 244 g/mol. The van der Waals surface area contributed by atoms with Gasteiger partial charge in [0.15, 0.2) is 5.69 Å². The number of hydrogen-bond donors (Lipinski definition) is 1. The molecule has 2 rings (SSSR count). The lowest BCUT2D eigenvalue weighted by atomic mass is 10.2. The van der Waals surface area contributed by atoms with E-state index in [1.54, 1.807) is 24.7 Å². The summed E-state index contributed by atoms with van der Waals surface area (Å²) in [5, 5.41) is 6.52. The zero-order valence-electron chi connectivity index (χ0n) is 10.8. The lowest BCUT2D eigenvalue weighted by Crippen LogP contribution is -2.26. The second-order valence-corrected chi connectivity index (χ2v) is 4.13. The van der Waals surface area contributed by atoms with Gasteiger partial charge in [-0.05, 0) is 6.42 Å². The average Bonchev–Trinajstić information content (AvgIpc) is 2.89. The SMILES string of the molecule is CCCc1cc(C(=O)NCCc2cnccn2)no1. The molecule has 0 atom stereocenters. The van der Waals surface area contributed by atoms with Crippen molar-refractivity contribution in [3.05, 3.63) is 41.8 Å². The molecule has 0 saturated carbocycles. The Hall–Kier alpha value is -2.24. The van der Waals surface area contributed by atoms with Crippen LogP contribution in [0.1, 0.15) is 35.3 Å². The summed E-state index contributed by atoms with van der Waals surface area (Å²) in [6.07, 6.45) is 7.32. The fraction of sp³-hybridized carbons (Fsp3) is 0.385. The normalized spacial score (nSPS) is 10.4. The molecule has 6 nitrogen and oxygen atoms in total. The van der Waals surface area contributed by atoms with Gasteiger partial charge in [0.1, 0.15) is 5.76 Å². The summed E-state index contributed by atoms with van der Waals surface area (Å²) < 4.78 is 5.06. The van der Waals surface area contributed by atoms with Gasteiger partial charge >= 0.3 is 0 Å². The summed E-state index contributed by atoms with van der Waals surface area (Å²) >= 11 is 0. The summed E-state index contributed by atoms with van der Waals surface area (Å²) in [5.41, 5.74) is 1.16. The van der Waals surface area contributed by atoms with Gasteiger partial charge in [0.25, 0.3) is 5.91 Å². The highest BCUT2D eigenvalue weighted by molar-refractivity contribution is 5.92. The first-order valence-electron chi connectivity index (χ1n) is 6.28. The van der Waals surface area contributed by atoms with Crippen molar-refractivity contribution in [1.82, 2.24) is 20.4 Å². The quantitative estimate of drug-likeness (QED) is 0.848. The summed E-state index contributed by atoms with van der Waals surface area (Å²) in [6.45, 7) is 2.54. The molecule has 0 aromatic carbocycles. The van der Waals surface area contributed by atoms with Gasteiger partial charge in [0.2, 0.25) is 0 Å². The molecule has 6 heteroatoms. The maximum Gasteiger partial charge on any atom is 0.273 e. The van der Waals surface area contributed by atoms with Crippen molar-refractivity contribution in [1.29, 1.82) is 0 Å². The van der Waals surface area contributed by atoms with Crippen molar-refractivity contribution in [2.45, 2.75) is 26.2 Å². The van der Waals surface area contributed by atoms with Crippen LogP contribution in [0.4, 0.5) is 0 Å². The standard InChI is InChI=1S/C13H16N4O2/c1-2-3-11-8-12(17-19-11)13(18)16-5-4-10-9-14-6-7-15-10/h6-9H,2-5H2,1H3,(H,16,18). The van der Waals surface area contributed by atoms with Crippen LogP contribution in [0.3, 0.4) is 0 Å². The molecule has 0 aliphatic heterocycles. The van der Waals surface area contributed by atoms with Crippen LogP contribution in [0.25, 0.3) is 0 Å².